The molecule has 0 saturated carbocycles. The van der Waals surface area contributed by atoms with Crippen LogP contribution in [0.2, 0.25) is 0 Å². The topological polar surface area (TPSA) is 44.2 Å². The summed E-state index contributed by atoms with van der Waals surface area (Å²) in [5, 5.41) is 0. The summed E-state index contributed by atoms with van der Waals surface area (Å²) in [5.41, 5.74) is 3.80. The van der Waals surface area contributed by atoms with E-state index in [0.717, 1.165) is 51.5 Å². The Morgan fingerprint density at radius 3 is 2.29 bits per heavy atom. The average Bonchev–Trinajstić information content (AvgIpc) is 2.53. The first-order valence-corrected chi connectivity index (χ1v) is 7.59. The van der Waals surface area contributed by atoms with Gasteiger partial charge in [0.1, 0.15) is 11.5 Å². The fraction of sp³-hybridized carbons (Fsp3) is 0.375. The maximum absolute atomic E-state index is 5.49. The number of hydrogen-bond acceptors (Lipinski definition) is 4. The summed E-state index contributed by atoms with van der Waals surface area (Å²) >= 11 is 2.67. The van der Waals surface area contributed by atoms with E-state index < -0.39 is 0 Å². The Morgan fingerprint density at radius 2 is 1.71 bits per heavy atom. The van der Waals surface area contributed by atoms with Crippen LogP contribution in [0.25, 0.3) is 11.3 Å². The third-order valence-electron chi connectivity index (χ3n) is 3.40. The van der Waals surface area contributed by atoms with Crippen LogP contribution in [0.1, 0.15) is 25.2 Å². The summed E-state index contributed by atoms with van der Waals surface area (Å²) in [7, 11) is 3.30. The molecule has 0 amide bonds. The Kier molecular flexibility index (Phi) is 5.22. The summed E-state index contributed by atoms with van der Waals surface area (Å²) in [5.74, 6) is 1.51. The first-order chi connectivity index (χ1) is 10.1. The molecule has 0 atom stereocenters. The van der Waals surface area contributed by atoms with Crippen LogP contribution in [-0.2, 0) is 12.8 Å². The van der Waals surface area contributed by atoms with Crippen molar-refractivity contribution in [1.82, 2.24) is 9.97 Å². The van der Waals surface area contributed by atoms with Gasteiger partial charge in [0, 0.05) is 17.3 Å². The van der Waals surface area contributed by atoms with Gasteiger partial charge in [-0.25, -0.2) is 0 Å². The van der Waals surface area contributed by atoms with Crippen molar-refractivity contribution in [3.63, 3.8) is 0 Å². The van der Waals surface area contributed by atoms with Gasteiger partial charge in [0.15, 0.2) is 0 Å². The molecule has 0 fully saturated rings. The molecule has 0 bridgehead atoms. The lowest BCUT2D eigenvalue weighted by atomic mass is 10.1. The number of benzene rings is 1. The van der Waals surface area contributed by atoms with E-state index in [4.69, 9.17) is 14.5 Å². The van der Waals surface area contributed by atoms with E-state index in [1.807, 2.05) is 18.2 Å². The molecule has 0 saturated heterocycles. The summed E-state index contributed by atoms with van der Waals surface area (Å²) in [6, 6.07) is 5.76. The van der Waals surface area contributed by atoms with Crippen LogP contribution in [0.3, 0.4) is 0 Å². The van der Waals surface area contributed by atoms with E-state index in [1.165, 1.54) is 0 Å². The van der Waals surface area contributed by atoms with E-state index in [2.05, 4.69) is 35.1 Å². The molecular formula is C16H19AlN2O2. The van der Waals surface area contributed by atoms with E-state index in [1.54, 1.807) is 14.2 Å². The van der Waals surface area contributed by atoms with Crippen LogP contribution in [0.15, 0.2) is 18.2 Å². The summed E-state index contributed by atoms with van der Waals surface area (Å²) in [6.45, 7) is 4.16. The Bertz CT molecular complexity index is 644. The van der Waals surface area contributed by atoms with Gasteiger partial charge >= 0.3 is 0 Å². The van der Waals surface area contributed by atoms with E-state index in [0.29, 0.717) is 0 Å². The van der Waals surface area contributed by atoms with Crippen LogP contribution in [0.4, 0.5) is 0 Å². The molecular weight excluding hydrogens is 279 g/mol. The maximum Gasteiger partial charge on any atom is 0.212 e. The van der Waals surface area contributed by atoms with Crippen molar-refractivity contribution in [2.45, 2.75) is 26.7 Å². The van der Waals surface area contributed by atoms with E-state index in [9.17, 15) is 0 Å². The molecule has 0 N–H and O–H groups in total. The fourth-order valence-electron chi connectivity index (χ4n) is 2.24. The van der Waals surface area contributed by atoms with Crippen molar-refractivity contribution < 1.29 is 9.47 Å². The minimum Gasteiger partial charge on any atom is -0.497 e. The smallest absolute Gasteiger partial charge is 0.212 e. The van der Waals surface area contributed by atoms with Gasteiger partial charge in [0.2, 0.25) is 16.3 Å². The van der Waals surface area contributed by atoms with Crippen molar-refractivity contribution in [3.05, 3.63) is 29.6 Å². The minimum absolute atomic E-state index is 0.747. The van der Waals surface area contributed by atoms with Crippen molar-refractivity contribution in [2.24, 2.45) is 0 Å². The van der Waals surface area contributed by atoms with Crippen LogP contribution in [0.5, 0.6) is 11.5 Å². The SMILES string of the molecule is CCc1nc(-c2ccc(OC)cc2OC)c(CC)n[c]1[Al]. The molecule has 0 aliphatic carbocycles. The van der Waals surface area contributed by atoms with Gasteiger partial charge in [-0.3, -0.25) is 9.97 Å². The number of methoxy groups -OCH3 is 2. The summed E-state index contributed by atoms with van der Waals surface area (Å²) in [4.78, 5) is 9.46. The Balaban J connectivity index is 2.65. The highest BCUT2D eigenvalue weighted by molar-refractivity contribution is 6.31. The number of hydrogen-bond donors (Lipinski definition) is 0. The molecule has 1 heterocycles. The van der Waals surface area contributed by atoms with Gasteiger partial charge in [-0.1, -0.05) is 13.8 Å². The van der Waals surface area contributed by atoms with Gasteiger partial charge in [-0.05, 0) is 29.5 Å². The zero-order valence-electron chi connectivity index (χ0n) is 12.9. The standard InChI is InChI=1S/C16H19N2O2.Al/c1-5-11-10-17-14(6-2)16(18-11)13-8-7-12(19-3)9-15(13)20-4;/h7-9H,5-6H2,1-4H3;. The lowest BCUT2D eigenvalue weighted by Crippen LogP contribution is -2.20. The Morgan fingerprint density at radius 1 is 1.00 bits per heavy atom. The maximum atomic E-state index is 5.49. The number of rotatable bonds is 5. The summed E-state index contributed by atoms with van der Waals surface area (Å²) in [6.07, 6.45) is 1.67. The van der Waals surface area contributed by atoms with Gasteiger partial charge in [-0.15, -0.1) is 0 Å². The molecule has 2 rings (SSSR count). The zero-order valence-corrected chi connectivity index (χ0v) is 14.1. The van der Waals surface area contributed by atoms with E-state index in [-0.39, 0.29) is 0 Å². The highest BCUT2D eigenvalue weighted by atomic mass is 27.0. The van der Waals surface area contributed by atoms with Gasteiger partial charge < -0.3 is 9.47 Å². The zero-order chi connectivity index (χ0) is 15.4. The fourth-order valence-corrected chi connectivity index (χ4v) is 2.66. The molecule has 2 aromatic rings. The van der Waals surface area contributed by atoms with Crippen molar-refractivity contribution >= 4 is 20.8 Å². The molecule has 0 aliphatic rings. The Labute approximate surface area is 134 Å². The van der Waals surface area contributed by atoms with Crippen LogP contribution in [-0.4, -0.2) is 40.5 Å². The van der Waals surface area contributed by atoms with Crippen LogP contribution >= 0.6 is 0 Å². The monoisotopic (exact) mass is 298 g/mol. The van der Waals surface area contributed by atoms with Gasteiger partial charge in [0.05, 0.1) is 25.6 Å². The van der Waals surface area contributed by atoms with Gasteiger partial charge in [0.25, 0.3) is 0 Å². The highest BCUT2D eigenvalue weighted by Crippen LogP contribution is 2.33. The second-order valence-corrected chi connectivity index (χ2v) is 5.17. The highest BCUT2D eigenvalue weighted by Gasteiger charge is 2.15. The number of nitrogens with zero attached hydrogens (tertiary/aromatic N) is 2. The number of aromatic nitrogens is 2. The molecule has 21 heavy (non-hydrogen) atoms. The third-order valence-corrected chi connectivity index (χ3v) is 3.87. The lowest BCUT2D eigenvalue weighted by Gasteiger charge is -2.15. The lowest BCUT2D eigenvalue weighted by molar-refractivity contribution is 0.395. The van der Waals surface area contributed by atoms with E-state index >= 15 is 0 Å². The molecule has 1 aromatic heterocycles. The van der Waals surface area contributed by atoms with Crippen LogP contribution in [0, 0.1) is 0 Å². The van der Waals surface area contributed by atoms with Gasteiger partial charge in [-0.2, -0.15) is 0 Å². The van der Waals surface area contributed by atoms with Crippen molar-refractivity contribution in [3.8, 4) is 22.8 Å². The normalized spacial score (nSPS) is 10.5. The predicted molar refractivity (Wildman–Crippen MR) is 84.7 cm³/mol. The average molecular weight is 298 g/mol. The largest absolute Gasteiger partial charge is 0.497 e. The Hall–Kier alpha value is -1.57. The number of ether oxygens (including phenoxy) is 2. The molecule has 108 valence electrons. The number of aryl methyl sites for hydroxylation is 2. The third kappa shape index (κ3) is 3.20. The first kappa shape index (κ1) is 15.8. The molecule has 1 aromatic carbocycles. The quantitative estimate of drug-likeness (QED) is 0.793. The molecule has 0 aliphatic heterocycles. The summed E-state index contributed by atoms with van der Waals surface area (Å²) < 4.78 is 11.7. The first-order valence-electron chi connectivity index (χ1n) is 7.02. The van der Waals surface area contributed by atoms with Crippen molar-refractivity contribution in [1.29, 1.82) is 0 Å². The second-order valence-electron chi connectivity index (χ2n) is 4.62. The molecule has 5 heteroatoms. The molecule has 2 radical (unpaired) electrons. The molecule has 4 nitrogen and oxygen atoms in total. The molecule has 0 spiro atoms. The van der Waals surface area contributed by atoms with Crippen LogP contribution < -0.4 is 14.0 Å². The van der Waals surface area contributed by atoms with Crippen molar-refractivity contribution in [2.75, 3.05) is 14.2 Å². The molecule has 0 unspecified atom stereocenters. The second kappa shape index (κ2) is 6.93. The minimum atomic E-state index is 0.747. The predicted octanol–water partition coefficient (Wildman–Crippen LogP) is 2.08.